The van der Waals surface area contributed by atoms with E-state index in [-0.39, 0.29) is 10.8 Å². The van der Waals surface area contributed by atoms with Gasteiger partial charge in [0.15, 0.2) is 0 Å². The first-order chi connectivity index (χ1) is 23.5. The molecular weight excluding hydrogens is 579 g/mol. The highest BCUT2D eigenvalue weighted by atomic mass is 15.1. The molecule has 6 aromatic carbocycles. The van der Waals surface area contributed by atoms with E-state index in [4.69, 9.17) is 0 Å². The highest BCUT2D eigenvalue weighted by Gasteiger charge is 2.61. The molecule has 4 saturated carbocycles. The predicted molar refractivity (Wildman–Crippen MR) is 199 cm³/mol. The maximum absolute atomic E-state index is 2.65. The van der Waals surface area contributed by atoms with Crippen LogP contribution in [0.15, 0.2) is 127 Å². The number of fused-ring (bicyclic) bond motifs is 7. The molecule has 4 bridgehead atoms. The van der Waals surface area contributed by atoms with Crippen LogP contribution >= 0.6 is 0 Å². The number of anilines is 3. The first kappa shape index (κ1) is 27.3. The summed E-state index contributed by atoms with van der Waals surface area (Å²) in [5.74, 6) is 3.35. The van der Waals surface area contributed by atoms with Gasteiger partial charge in [0.1, 0.15) is 0 Å². The molecule has 234 valence electrons. The molecule has 48 heavy (non-hydrogen) atoms. The van der Waals surface area contributed by atoms with Crippen molar-refractivity contribution in [2.24, 2.45) is 23.7 Å². The van der Waals surface area contributed by atoms with E-state index in [0.29, 0.717) is 0 Å². The van der Waals surface area contributed by atoms with Gasteiger partial charge >= 0.3 is 0 Å². The summed E-state index contributed by atoms with van der Waals surface area (Å²) in [6.45, 7) is 4.79. The van der Waals surface area contributed by atoms with Crippen molar-refractivity contribution in [3.8, 4) is 22.3 Å². The second-order valence-corrected chi connectivity index (χ2v) is 16.2. The second-order valence-electron chi connectivity index (χ2n) is 16.2. The molecule has 1 heteroatoms. The van der Waals surface area contributed by atoms with Crippen LogP contribution in [0.5, 0.6) is 0 Å². The van der Waals surface area contributed by atoms with Crippen molar-refractivity contribution in [1.29, 1.82) is 0 Å². The Morgan fingerprint density at radius 1 is 0.479 bits per heavy atom. The average Bonchev–Trinajstić information content (AvgIpc) is 3.53. The summed E-state index contributed by atoms with van der Waals surface area (Å²) in [6.07, 6.45) is 7.08. The van der Waals surface area contributed by atoms with E-state index in [1.807, 2.05) is 0 Å². The maximum atomic E-state index is 2.65. The van der Waals surface area contributed by atoms with Gasteiger partial charge in [0, 0.05) is 27.8 Å². The number of rotatable bonds is 3. The third-order valence-corrected chi connectivity index (χ3v) is 13.6. The normalized spacial score (nSPS) is 26.4. The Hall–Kier alpha value is -4.62. The molecule has 0 radical (unpaired) electrons. The zero-order valence-electron chi connectivity index (χ0n) is 27.9. The lowest BCUT2D eigenvalue weighted by atomic mass is 9.43. The minimum atomic E-state index is -0.0546. The Bertz CT molecular complexity index is 2280. The maximum Gasteiger partial charge on any atom is 0.0543 e. The smallest absolute Gasteiger partial charge is 0.0543 e. The van der Waals surface area contributed by atoms with E-state index in [9.17, 15) is 0 Å². The van der Waals surface area contributed by atoms with Crippen LogP contribution in [0.1, 0.15) is 68.2 Å². The highest BCUT2D eigenvalue weighted by Crippen LogP contribution is 2.69. The van der Waals surface area contributed by atoms with Gasteiger partial charge in [-0.25, -0.2) is 0 Å². The van der Waals surface area contributed by atoms with Gasteiger partial charge < -0.3 is 4.90 Å². The first-order valence-corrected chi connectivity index (χ1v) is 18.3. The molecule has 0 unspecified atom stereocenters. The second kappa shape index (κ2) is 9.50. The largest absolute Gasteiger partial charge is 0.310 e. The molecule has 0 aliphatic heterocycles. The Morgan fingerprint density at radius 2 is 1.08 bits per heavy atom. The van der Waals surface area contributed by atoms with Crippen LogP contribution in [0.4, 0.5) is 17.1 Å². The molecular formula is C47H41N. The van der Waals surface area contributed by atoms with E-state index in [2.05, 4.69) is 146 Å². The summed E-state index contributed by atoms with van der Waals surface area (Å²) in [4.78, 5) is 2.59. The molecule has 1 spiro atoms. The van der Waals surface area contributed by atoms with Gasteiger partial charge in [-0.1, -0.05) is 111 Å². The van der Waals surface area contributed by atoms with Crippen LogP contribution in [0, 0.1) is 23.7 Å². The van der Waals surface area contributed by atoms with E-state index in [0.717, 1.165) is 23.7 Å². The van der Waals surface area contributed by atoms with Gasteiger partial charge in [-0.15, -0.1) is 0 Å². The minimum absolute atomic E-state index is 0.0546. The van der Waals surface area contributed by atoms with Crippen LogP contribution in [-0.2, 0) is 10.8 Å². The molecule has 6 aliphatic carbocycles. The van der Waals surface area contributed by atoms with Crippen molar-refractivity contribution < 1.29 is 0 Å². The predicted octanol–water partition coefficient (Wildman–Crippen LogP) is 12.3. The van der Waals surface area contributed by atoms with Crippen molar-refractivity contribution in [2.45, 2.75) is 56.8 Å². The zero-order chi connectivity index (χ0) is 31.8. The van der Waals surface area contributed by atoms with E-state index in [1.165, 1.54) is 93.3 Å². The van der Waals surface area contributed by atoms with Gasteiger partial charge in [0.2, 0.25) is 0 Å². The van der Waals surface area contributed by atoms with Gasteiger partial charge in [-0.05, 0) is 136 Å². The lowest BCUT2D eigenvalue weighted by Gasteiger charge is -2.61. The molecule has 0 aromatic heterocycles. The fourth-order valence-electron chi connectivity index (χ4n) is 11.9. The lowest BCUT2D eigenvalue weighted by Crippen LogP contribution is -2.55. The lowest BCUT2D eigenvalue weighted by molar-refractivity contribution is -0.0399. The van der Waals surface area contributed by atoms with Crippen LogP contribution in [-0.4, -0.2) is 0 Å². The topological polar surface area (TPSA) is 3.24 Å². The highest BCUT2D eigenvalue weighted by molar-refractivity contribution is 5.97. The van der Waals surface area contributed by atoms with E-state index in [1.54, 1.807) is 11.1 Å². The molecule has 0 atom stereocenters. The minimum Gasteiger partial charge on any atom is -0.310 e. The van der Waals surface area contributed by atoms with Crippen molar-refractivity contribution >= 4 is 27.8 Å². The summed E-state index contributed by atoms with van der Waals surface area (Å²) in [6, 6.07) is 49.0. The summed E-state index contributed by atoms with van der Waals surface area (Å²) in [5.41, 5.74) is 15.6. The Kier molecular flexibility index (Phi) is 5.41. The van der Waals surface area contributed by atoms with Crippen molar-refractivity contribution in [2.75, 3.05) is 4.90 Å². The van der Waals surface area contributed by atoms with Gasteiger partial charge in [-0.3, -0.25) is 0 Å². The standard InChI is InChI=1S/C47H41N/c1-46(2)40-14-7-6-13-39(40)45-42(46)16-9-17-44(45)48(35-19-18-31-10-3-4-11-32(31)27-35)36-20-21-38-37-12-5-8-15-41(37)47(43(38)28-36)33-23-29-22-30(25-33)26-34(47)24-29/h3-21,27-30,33-34H,22-26H2,1-2H3. The van der Waals surface area contributed by atoms with Gasteiger partial charge in [0.05, 0.1) is 5.69 Å². The summed E-state index contributed by atoms with van der Waals surface area (Å²) >= 11 is 0. The van der Waals surface area contributed by atoms with Gasteiger partial charge in [-0.2, -0.15) is 0 Å². The third-order valence-electron chi connectivity index (χ3n) is 13.6. The molecule has 4 fully saturated rings. The van der Waals surface area contributed by atoms with Crippen LogP contribution in [0.25, 0.3) is 33.0 Å². The number of nitrogens with zero attached hydrogens (tertiary/aromatic N) is 1. The third kappa shape index (κ3) is 3.42. The fraction of sp³-hybridized carbons (Fsp3) is 0.277. The number of hydrogen-bond acceptors (Lipinski definition) is 1. The summed E-state index contributed by atoms with van der Waals surface area (Å²) < 4.78 is 0. The van der Waals surface area contributed by atoms with E-state index >= 15 is 0 Å². The van der Waals surface area contributed by atoms with Crippen molar-refractivity contribution in [3.05, 3.63) is 150 Å². The molecule has 6 aromatic rings. The number of benzene rings is 6. The molecule has 6 aliphatic rings. The fourth-order valence-corrected chi connectivity index (χ4v) is 11.9. The quantitative estimate of drug-likeness (QED) is 0.190. The monoisotopic (exact) mass is 619 g/mol. The Labute approximate surface area is 284 Å². The van der Waals surface area contributed by atoms with Crippen LogP contribution in [0.3, 0.4) is 0 Å². The van der Waals surface area contributed by atoms with Gasteiger partial charge in [0.25, 0.3) is 0 Å². The Balaban J connectivity index is 1.18. The molecule has 0 heterocycles. The van der Waals surface area contributed by atoms with E-state index < -0.39 is 0 Å². The summed E-state index contributed by atoms with van der Waals surface area (Å²) in [5, 5.41) is 2.56. The van der Waals surface area contributed by atoms with Crippen LogP contribution in [0.2, 0.25) is 0 Å². The molecule has 1 nitrogen and oxygen atoms in total. The average molecular weight is 620 g/mol. The molecule has 12 rings (SSSR count). The van der Waals surface area contributed by atoms with Crippen LogP contribution < -0.4 is 4.90 Å². The van der Waals surface area contributed by atoms with Crippen molar-refractivity contribution in [3.63, 3.8) is 0 Å². The SMILES string of the molecule is CC1(C)c2ccccc2-c2c(N(c3ccc4c(c3)C3(c5ccccc5-4)C4CC5CC(C4)CC3C5)c3ccc4ccccc4c3)cccc21. The first-order valence-electron chi connectivity index (χ1n) is 18.3. The molecule has 0 amide bonds. The molecule has 0 saturated heterocycles. The summed E-state index contributed by atoms with van der Waals surface area (Å²) in [7, 11) is 0. The Morgan fingerprint density at radius 3 is 1.88 bits per heavy atom. The number of hydrogen-bond donors (Lipinski definition) is 0. The molecule has 0 N–H and O–H groups in total. The zero-order valence-corrected chi connectivity index (χ0v) is 27.9. The van der Waals surface area contributed by atoms with Crippen molar-refractivity contribution in [1.82, 2.24) is 0 Å².